The number of alkyl halides is 2. The van der Waals surface area contributed by atoms with E-state index in [9.17, 15) is 33.1 Å². The van der Waals surface area contributed by atoms with Gasteiger partial charge in [-0.15, -0.1) is 4.90 Å². The fraction of sp³-hybridized carbons (Fsp3) is 0.423. The molecule has 42 heavy (non-hydrogen) atoms. The van der Waals surface area contributed by atoms with Crippen LogP contribution in [0, 0.1) is 11.7 Å². The maximum Gasteiger partial charge on any atom is 0.427 e. The molecule has 2 aliphatic rings. The number of hydrogen-bond acceptors (Lipinski definition) is 9. The van der Waals surface area contributed by atoms with Crippen LogP contribution in [-0.4, -0.2) is 80.2 Å². The Morgan fingerprint density at radius 1 is 1.24 bits per heavy atom. The third-order valence-electron chi connectivity index (χ3n) is 6.53. The van der Waals surface area contributed by atoms with E-state index in [-0.39, 0.29) is 28.5 Å². The smallest absolute Gasteiger partial charge is 0.427 e. The number of nitrogens with zero attached hydrogens (tertiary/aromatic N) is 5. The minimum Gasteiger partial charge on any atom is -0.464 e. The van der Waals surface area contributed by atoms with Gasteiger partial charge in [0.05, 0.1) is 31.0 Å². The van der Waals surface area contributed by atoms with E-state index >= 15 is 4.39 Å². The zero-order valence-electron chi connectivity index (χ0n) is 23.1. The molecule has 3 atom stereocenters. The van der Waals surface area contributed by atoms with Crippen LogP contribution in [0.15, 0.2) is 35.6 Å². The zero-order chi connectivity index (χ0) is 31.1. The van der Waals surface area contributed by atoms with Gasteiger partial charge in [-0.05, 0) is 45.9 Å². The van der Waals surface area contributed by atoms with Crippen molar-refractivity contribution in [1.82, 2.24) is 19.8 Å². The van der Waals surface area contributed by atoms with Crippen LogP contribution >= 0.6 is 0 Å². The summed E-state index contributed by atoms with van der Waals surface area (Å²) in [5.41, 5.74) is -4.10. The Hall–Kier alpha value is -4.60. The number of carboxylic acid groups (broad SMARTS) is 1. The van der Waals surface area contributed by atoms with Crippen LogP contribution in [-0.2, 0) is 19.8 Å². The molecule has 0 radical (unpaired) electrons. The maximum atomic E-state index is 15.5. The molecule has 1 aromatic carbocycles. The summed E-state index contributed by atoms with van der Waals surface area (Å²) in [4.78, 5) is 64.0. The van der Waals surface area contributed by atoms with E-state index in [1.54, 1.807) is 6.92 Å². The summed E-state index contributed by atoms with van der Waals surface area (Å²) < 4.78 is 52.0. The normalized spacial score (nSPS) is 22.0. The minimum absolute atomic E-state index is 0.00849. The van der Waals surface area contributed by atoms with Crippen molar-refractivity contribution in [2.24, 2.45) is 10.9 Å². The third-order valence-corrected chi connectivity index (χ3v) is 6.53. The van der Waals surface area contributed by atoms with Crippen LogP contribution in [0.25, 0.3) is 0 Å². The maximum absolute atomic E-state index is 15.5. The lowest BCUT2D eigenvalue weighted by Crippen LogP contribution is -2.60. The Kier molecular flexibility index (Phi) is 7.95. The number of ether oxygens (including phenoxy) is 2. The highest BCUT2D eigenvalue weighted by atomic mass is 19.3. The number of hydrogen-bond donors (Lipinski definition) is 2. The molecule has 1 aromatic heterocycles. The van der Waals surface area contributed by atoms with Gasteiger partial charge in [0.1, 0.15) is 28.3 Å². The molecule has 3 heterocycles. The highest BCUT2D eigenvalue weighted by molar-refractivity contribution is 6.13. The predicted octanol–water partition coefficient (Wildman–Crippen LogP) is 3.78. The second-order valence-corrected chi connectivity index (χ2v) is 10.6. The summed E-state index contributed by atoms with van der Waals surface area (Å²) >= 11 is 0. The topological polar surface area (TPSA) is 164 Å². The van der Waals surface area contributed by atoms with E-state index in [0.29, 0.717) is 0 Å². The molecule has 2 aliphatic heterocycles. The fourth-order valence-corrected chi connectivity index (χ4v) is 4.66. The number of carbonyl (C=O) groups excluding carboxylic acids is 3. The number of amides is 4. The van der Waals surface area contributed by atoms with Crippen molar-refractivity contribution in [3.63, 3.8) is 0 Å². The highest BCUT2D eigenvalue weighted by Gasteiger charge is 2.59. The van der Waals surface area contributed by atoms with E-state index in [0.717, 1.165) is 23.4 Å². The Morgan fingerprint density at radius 3 is 2.50 bits per heavy atom. The molecule has 224 valence electrons. The number of rotatable bonds is 4. The standard InChI is InChI=1S/C26H27F3N6O7/c1-12-18-21(37)34(5)22(35(23(38)39)24(40)42-25(2,3)4)33-26(18,11-41-12)14-8-13(6-7-15(14)27)32-20(36)17-10-30-16(9-31-17)19(28)29/h6-10,12,18-19H,11H2,1-5H3,(H,32,36)(H,38,39)/t12-,18+,26-/m1/s1. The first kappa shape index (κ1) is 30.4. The molecule has 0 saturated carbocycles. The lowest BCUT2D eigenvalue weighted by molar-refractivity contribution is -0.134. The SMILES string of the molecule is C[C@H]1OC[C@]2(c3cc(NC(=O)c4cnc(C(F)F)cn4)ccc3F)N=C(N(C(=O)O)C(=O)OC(C)(C)C)N(C)C(=O)[C@H]12. The molecule has 4 amide bonds. The number of halogens is 3. The molecule has 2 aromatic rings. The number of carbonyl (C=O) groups is 4. The number of anilines is 1. The van der Waals surface area contributed by atoms with Crippen LogP contribution in [0.3, 0.4) is 0 Å². The van der Waals surface area contributed by atoms with Gasteiger partial charge in [-0.1, -0.05) is 0 Å². The van der Waals surface area contributed by atoms with Crippen molar-refractivity contribution in [1.29, 1.82) is 0 Å². The first-order chi connectivity index (χ1) is 19.6. The van der Waals surface area contributed by atoms with Crippen molar-refractivity contribution in [3.8, 4) is 0 Å². The number of fused-ring (bicyclic) bond motifs is 1. The molecule has 2 N–H and O–H groups in total. The summed E-state index contributed by atoms with van der Waals surface area (Å²) in [5.74, 6) is -4.20. The number of benzene rings is 1. The van der Waals surface area contributed by atoms with Crippen molar-refractivity contribution in [2.75, 3.05) is 19.0 Å². The van der Waals surface area contributed by atoms with Gasteiger partial charge in [0.15, 0.2) is 0 Å². The predicted molar refractivity (Wildman–Crippen MR) is 138 cm³/mol. The van der Waals surface area contributed by atoms with Gasteiger partial charge in [-0.3, -0.25) is 19.5 Å². The first-order valence-electron chi connectivity index (χ1n) is 12.5. The molecule has 0 bridgehead atoms. The fourth-order valence-electron chi connectivity index (χ4n) is 4.66. The van der Waals surface area contributed by atoms with Crippen molar-refractivity contribution in [3.05, 3.63) is 53.4 Å². The van der Waals surface area contributed by atoms with Crippen LogP contribution in [0.1, 0.15) is 55.9 Å². The van der Waals surface area contributed by atoms with Crippen LogP contribution in [0.4, 0.5) is 28.4 Å². The quantitative estimate of drug-likeness (QED) is 0.538. The van der Waals surface area contributed by atoms with Gasteiger partial charge < -0.3 is 19.9 Å². The Bertz CT molecular complexity index is 1460. The average Bonchev–Trinajstić information content (AvgIpc) is 3.23. The molecule has 1 fully saturated rings. The summed E-state index contributed by atoms with van der Waals surface area (Å²) in [6.45, 7) is 5.73. The average molecular weight is 593 g/mol. The third kappa shape index (κ3) is 5.61. The van der Waals surface area contributed by atoms with E-state index in [2.05, 4.69) is 20.3 Å². The van der Waals surface area contributed by atoms with Crippen LogP contribution < -0.4 is 5.32 Å². The zero-order valence-corrected chi connectivity index (χ0v) is 23.1. The summed E-state index contributed by atoms with van der Waals surface area (Å²) in [7, 11) is 1.21. The van der Waals surface area contributed by atoms with E-state index in [1.165, 1.54) is 40.0 Å². The Labute approximate surface area is 237 Å². The highest BCUT2D eigenvalue weighted by Crippen LogP contribution is 2.47. The molecule has 0 aliphatic carbocycles. The van der Waals surface area contributed by atoms with Gasteiger partial charge in [0, 0.05) is 18.3 Å². The molecule has 1 saturated heterocycles. The molecular weight excluding hydrogens is 565 g/mol. The summed E-state index contributed by atoms with van der Waals surface area (Å²) in [6.07, 6.45) is -5.22. The Morgan fingerprint density at radius 2 is 1.93 bits per heavy atom. The van der Waals surface area contributed by atoms with Gasteiger partial charge >= 0.3 is 12.2 Å². The number of aliphatic imine (C=N–C) groups is 1. The number of guanidine groups is 1. The second-order valence-electron chi connectivity index (χ2n) is 10.6. The van der Waals surface area contributed by atoms with Gasteiger partial charge in [-0.25, -0.2) is 32.7 Å². The lowest BCUT2D eigenvalue weighted by Gasteiger charge is -2.41. The monoisotopic (exact) mass is 592 g/mol. The van der Waals surface area contributed by atoms with Gasteiger partial charge in [0.25, 0.3) is 12.3 Å². The summed E-state index contributed by atoms with van der Waals surface area (Å²) in [5, 5.41) is 12.4. The largest absolute Gasteiger partial charge is 0.464 e. The number of imide groups is 1. The number of nitrogens with one attached hydrogen (secondary N) is 1. The number of aromatic nitrogens is 2. The molecule has 4 rings (SSSR count). The Balaban J connectivity index is 1.79. The van der Waals surface area contributed by atoms with Crippen LogP contribution in [0.2, 0.25) is 0 Å². The molecule has 0 unspecified atom stereocenters. The van der Waals surface area contributed by atoms with E-state index in [1.807, 2.05) is 0 Å². The van der Waals surface area contributed by atoms with Crippen molar-refractivity contribution < 1.29 is 46.9 Å². The van der Waals surface area contributed by atoms with Crippen molar-refractivity contribution in [2.45, 2.75) is 51.4 Å². The lowest BCUT2D eigenvalue weighted by atomic mass is 9.76. The first-order valence-corrected chi connectivity index (χ1v) is 12.5. The van der Waals surface area contributed by atoms with Gasteiger partial charge in [0.2, 0.25) is 11.9 Å². The van der Waals surface area contributed by atoms with Crippen LogP contribution in [0.5, 0.6) is 0 Å². The molecule has 16 heteroatoms. The van der Waals surface area contributed by atoms with Gasteiger partial charge in [-0.2, -0.15) is 0 Å². The van der Waals surface area contributed by atoms with Crippen molar-refractivity contribution >= 4 is 35.6 Å². The van der Waals surface area contributed by atoms with E-state index < -0.39 is 71.1 Å². The molecule has 13 nitrogen and oxygen atoms in total. The minimum atomic E-state index is -2.88. The molecule has 0 spiro atoms. The van der Waals surface area contributed by atoms with E-state index in [4.69, 9.17) is 9.47 Å². The summed E-state index contributed by atoms with van der Waals surface area (Å²) in [6, 6.07) is 3.38. The second kappa shape index (κ2) is 11.0. The molecular formula is C26H27F3N6O7.